The standard InChI is InChI=1S/8C4H9.4C2H4O2.H4O4Si.4Sn/c8*1-3-4-2;4*1-2(3)4;1-5(2,3)4;;;;/h8*1,3-4H2,2H3;4*1H3,(H,3,4);1-4H;;;;. The van der Waals surface area contributed by atoms with Gasteiger partial charge in [-0.05, 0) is 0 Å². The van der Waals surface area contributed by atoms with Crippen LogP contribution in [-0.2, 0) is 19.2 Å². The van der Waals surface area contributed by atoms with Crippen molar-refractivity contribution in [1.29, 1.82) is 0 Å². The Balaban J connectivity index is -0.0000000665. The van der Waals surface area contributed by atoms with E-state index in [2.05, 4.69) is 55.4 Å². The predicted molar refractivity (Wildman–Crippen MR) is 249 cm³/mol. The van der Waals surface area contributed by atoms with Crippen molar-refractivity contribution in [3.8, 4) is 0 Å². The maximum atomic E-state index is 9.00. The molecule has 0 aromatic rings. The first-order valence-corrected chi connectivity index (χ1v) is 39.0. The fourth-order valence-corrected chi connectivity index (χ4v) is 19.5. The molecule has 0 rings (SSSR count). The van der Waals surface area contributed by atoms with Crippen LogP contribution in [0.1, 0.15) is 186 Å². The molecule has 0 aliphatic heterocycles. The number of aliphatic carboxylic acids is 4. The molecule has 12 nitrogen and oxygen atoms in total. The van der Waals surface area contributed by atoms with E-state index in [-0.39, 0.29) is 84.6 Å². The van der Waals surface area contributed by atoms with Crippen LogP contribution in [-0.4, -0.2) is 157 Å². The van der Waals surface area contributed by atoms with E-state index in [1.54, 1.807) is 35.5 Å². The van der Waals surface area contributed by atoms with Crippen LogP contribution >= 0.6 is 0 Å². The number of rotatable bonds is 24. The Morgan fingerprint density at radius 3 is 0.439 bits per heavy atom. The number of hydrogen-bond acceptors (Lipinski definition) is 8. The largest absolute Gasteiger partial charge is 0.668 e. The Morgan fingerprint density at radius 1 is 0.316 bits per heavy atom. The summed E-state index contributed by atoms with van der Waals surface area (Å²) in [5, 5.41) is 29.7. The van der Waals surface area contributed by atoms with Crippen molar-refractivity contribution in [2.75, 3.05) is 0 Å². The second kappa shape index (κ2) is 81.0. The fourth-order valence-electron chi connectivity index (χ4n) is 2.91. The van der Waals surface area contributed by atoms with E-state index in [1.807, 2.05) is 0 Å². The summed E-state index contributed by atoms with van der Waals surface area (Å²) in [6, 6.07) is 0. The molecule has 8 N–H and O–H groups in total. The molecule has 344 valence electrons. The molecule has 0 fully saturated rings. The van der Waals surface area contributed by atoms with Crippen molar-refractivity contribution in [2.24, 2.45) is 0 Å². The topological polar surface area (TPSA) is 230 Å². The van der Waals surface area contributed by atoms with Gasteiger partial charge in [0, 0.05) is 27.7 Å². The predicted octanol–water partition coefficient (Wildman–Crippen LogP) is 10.3. The summed E-state index contributed by atoms with van der Waals surface area (Å²) < 4.78 is 13.0. The van der Waals surface area contributed by atoms with Crippen LogP contribution in [0.3, 0.4) is 0 Å². The Bertz CT molecular complexity index is 573. The van der Waals surface area contributed by atoms with Crippen LogP contribution in [0, 0.1) is 0 Å². The molecule has 0 heterocycles. The first-order valence-electron chi connectivity index (χ1n) is 21.1. The smallest absolute Gasteiger partial charge is 0.368 e. The van der Waals surface area contributed by atoms with Crippen molar-refractivity contribution >= 4 is 117 Å². The van der Waals surface area contributed by atoms with Gasteiger partial charge in [0.15, 0.2) is 0 Å². The second-order valence-electron chi connectivity index (χ2n) is 12.5. The second-order valence-corrected chi connectivity index (χ2v) is 30.8. The van der Waals surface area contributed by atoms with Gasteiger partial charge in [-0.15, -0.1) is 0 Å². The Labute approximate surface area is 393 Å². The summed E-state index contributed by atoms with van der Waals surface area (Å²) in [4.78, 5) is 65.3. The summed E-state index contributed by atoms with van der Waals surface area (Å²) in [5.74, 6) is -3.33. The molecule has 0 unspecified atom stereocenters. The normalized spacial score (nSPS) is 9.12. The maximum Gasteiger partial charge on any atom is 0.668 e. The van der Waals surface area contributed by atoms with Crippen LogP contribution in [0.25, 0.3) is 0 Å². The molecule has 0 saturated heterocycles. The van der Waals surface area contributed by atoms with Gasteiger partial charge in [0.25, 0.3) is 23.9 Å². The fraction of sp³-hybridized carbons (Fsp3) is 0.900. The van der Waals surface area contributed by atoms with E-state index in [9.17, 15) is 0 Å². The van der Waals surface area contributed by atoms with Crippen molar-refractivity contribution < 1.29 is 58.8 Å². The van der Waals surface area contributed by atoms with Crippen LogP contribution in [0.5, 0.6) is 0 Å². The zero-order valence-electron chi connectivity index (χ0n) is 38.7. The van der Waals surface area contributed by atoms with Crippen molar-refractivity contribution in [1.82, 2.24) is 0 Å². The van der Waals surface area contributed by atoms with E-state index < -0.39 is 32.9 Å². The number of hydrogen-bond donors (Lipinski definition) is 8. The zero-order valence-corrected chi connectivity index (χ0v) is 51.1. The van der Waals surface area contributed by atoms with Gasteiger partial charge in [-0.1, -0.05) is 0 Å². The molecule has 17 heteroatoms. The minimum absolute atomic E-state index is 0.149. The number of carboxylic acid groups (broad SMARTS) is 4. The molecular formula is C40H92O12SiSn4. The van der Waals surface area contributed by atoms with E-state index in [4.69, 9.17) is 58.8 Å². The van der Waals surface area contributed by atoms with E-state index in [0.717, 1.165) is 27.7 Å². The first kappa shape index (κ1) is 78.6. The van der Waals surface area contributed by atoms with E-state index >= 15 is 0 Å². The quantitative estimate of drug-likeness (QED) is 0.0333. The zero-order chi connectivity index (χ0) is 46.6. The van der Waals surface area contributed by atoms with Crippen LogP contribution in [0.2, 0.25) is 35.5 Å². The van der Waals surface area contributed by atoms with Gasteiger partial charge in [-0.2, -0.15) is 0 Å². The van der Waals surface area contributed by atoms with Crippen molar-refractivity contribution in [3.05, 3.63) is 0 Å². The summed E-state index contributed by atoms with van der Waals surface area (Å²) in [7, 11) is -4.61. The Hall–Kier alpha value is 1.13. The molecule has 0 spiro atoms. The molecule has 0 bridgehead atoms. The molecule has 0 aliphatic carbocycles. The minimum Gasteiger partial charge on any atom is -0.368 e. The molecule has 8 radical (unpaired) electrons. The van der Waals surface area contributed by atoms with E-state index in [0.29, 0.717) is 0 Å². The molecule has 0 aromatic heterocycles. The summed E-state index contributed by atoms with van der Waals surface area (Å²) in [5.41, 5.74) is 0. The number of carboxylic acids is 4. The minimum atomic E-state index is -4.61. The first-order chi connectivity index (χ1) is 26.6. The average molecular weight is 1270 g/mol. The van der Waals surface area contributed by atoms with Crippen LogP contribution in [0.4, 0.5) is 0 Å². The van der Waals surface area contributed by atoms with Crippen LogP contribution < -0.4 is 0 Å². The van der Waals surface area contributed by atoms with Crippen molar-refractivity contribution in [2.45, 2.75) is 221 Å². The van der Waals surface area contributed by atoms with Gasteiger partial charge in [0.1, 0.15) is 0 Å². The number of carbonyl (C=O) groups is 4. The molecule has 0 amide bonds. The summed E-state index contributed by atoms with van der Waals surface area (Å²) >= 11 is 0.598. The van der Waals surface area contributed by atoms with E-state index in [1.165, 1.54) is 103 Å². The molecule has 0 saturated carbocycles. The molecule has 0 atom stereocenters. The molecular weight excluding hydrogens is 1180 g/mol. The number of unbranched alkanes of at least 4 members (excludes halogenated alkanes) is 8. The molecule has 57 heavy (non-hydrogen) atoms. The molecule has 0 aromatic carbocycles. The van der Waals surface area contributed by atoms with Gasteiger partial charge >= 0.3 is 287 Å². The van der Waals surface area contributed by atoms with Gasteiger partial charge in [0.2, 0.25) is 0 Å². The summed E-state index contributed by atoms with van der Waals surface area (Å²) in [6.45, 7) is 22.7. The maximum absolute atomic E-state index is 9.00. The SMILES string of the molecule is CC(=O)O.CC(=O)O.CC(=O)O.CC(=O)O.CCC[CH2][Sn][CH2]CCC.CCC[CH2][Sn][CH2]CCC.CCC[CH2][Sn][CH2]CCC.CCC[CH2][Sn][CH2]CCC.O[Si](O)(O)O. The third kappa shape index (κ3) is 275. The van der Waals surface area contributed by atoms with Gasteiger partial charge in [-0.3, -0.25) is 19.2 Å². The van der Waals surface area contributed by atoms with Crippen molar-refractivity contribution in [3.63, 3.8) is 0 Å². The van der Waals surface area contributed by atoms with Gasteiger partial charge in [-0.25, -0.2) is 0 Å². The third-order valence-corrected chi connectivity index (χ3v) is 21.8. The Kier molecular flexibility index (Phi) is 112. The molecule has 0 aliphatic rings. The summed E-state index contributed by atoms with van der Waals surface area (Å²) in [6.07, 6.45) is 23.4. The average Bonchev–Trinajstić information content (AvgIpc) is 3.07. The third-order valence-electron chi connectivity index (χ3n) is 5.66. The van der Waals surface area contributed by atoms with Crippen LogP contribution in [0.15, 0.2) is 0 Å². The monoisotopic (exact) mass is 1270 g/mol. The van der Waals surface area contributed by atoms with Gasteiger partial charge < -0.3 is 39.6 Å². The Morgan fingerprint density at radius 2 is 0.386 bits per heavy atom. The van der Waals surface area contributed by atoms with Gasteiger partial charge in [0.05, 0.1) is 0 Å².